The molecule has 40 heavy (non-hydrogen) atoms. The quantitative estimate of drug-likeness (QED) is 0.289. The molecule has 0 radical (unpaired) electrons. The number of sulfonamides is 1. The standard InChI is InChI=1S/C31H37ClN2O5S/c1-33(2)21-26-19-28(34(3)40(36,37)22-23-10-8-14-27(32)18-23)16-17-31(26,25-13-9-15-29(20-25)38-4)39-30(35)24-11-6-5-7-12-24/h5-15,18,20,26,28H,16-17,19,21-22H2,1-4H3. The molecule has 7 nitrogen and oxygen atoms in total. The van der Waals surface area contributed by atoms with Gasteiger partial charge in [-0.1, -0.05) is 54.1 Å². The Morgan fingerprint density at radius 3 is 2.40 bits per heavy atom. The van der Waals surface area contributed by atoms with Gasteiger partial charge in [-0.15, -0.1) is 0 Å². The number of methoxy groups -OCH3 is 1. The maximum atomic E-state index is 13.5. The van der Waals surface area contributed by atoms with Crippen LogP contribution in [0.2, 0.25) is 5.02 Å². The predicted octanol–water partition coefficient (Wildman–Crippen LogP) is 5.59. The van der Waals surface area contributed by atoms with Gasteiger partial charge >= 0.3 is 5.97 Å². The van der Waals surface area contributed by atoms with Crippen molar-refractivity contribution in [2.45, 2.75) is 36.7 Å². The maximum absolute atomic E-state index is 13.5. The number of ether oxygens (including phenoxy) is 2. The Bertz CT molecular complexity index is 1420. The number of rotatable bonds is 10. The van der Waals surface area contributed by atoms with Crippen LogP contribution in [0.25, 0.3) is 0 Å². The summed E-state index contributed by atoms with van der Waals surface area (Å²) in [5, 5.41) is 0.502. The lowest BCUT2D eigenvalue weighted by atomic mass is 9.69. The monoisotopic (exact) mass is 584 g/mol. The predicted molar refractivity (Wildman–Crippen MR) is 158 cm³/mol. The van der Waals surface area contributed by atoms with Crippen molar-refractivity contribution in [1.29, 1.82) is 0 Å². The first-order valence-electron chi connectivity index (χ1n) is 13.3. The van der Waals surface area contributed by atoms with Crippen molar-refractivity contribution in [1.82, 2.24) is 9.21 Å². The molecule has 214 valence electrons. The SMILES string of the molecule is COc1cccc(C2(OC(=O)c3ccccc3)CCC(N(C)S(=O)(=O)Cc3cccc(Cl)c3)CC2CN(C)C)c1. The summed E-state index contributed by atoms with van der Waals surface area (Å²) in [6.45, 7) is 0.595. The third kappa shape index (κ3) is 6.86. The average Bonchev–Trinajstić information content (AvgIpc) is 2.93. The first-order chi connectivity index (χ1) is 19.0. The highest BCUT2D eigenvalue weighted by molar-refractivity contribution is 7.88. The lowest BCUT2D eigenvalue weighted by Gasteiger charge is -2.48. The van der Waals surface area contributed by atoms with Crippen molar-refractivity contribution < 1.29 is 22.7 Å². The Balaban J connectivity index is 1.69. The van der Waals surface area contributed by atoms with Crippen LogP contribution in [0.15, 0.2) is 78.9 Å². The van der Waals surface area contributed by atoms with Crippen LogP contribution in [0.3, 0.4) is 0 Å². The second kappa shape index (κ2) is 12.7. The fraction of sp³-hybridized carbons (Fsp3) is 0.387. The lowest BCUT2D eigenvalue weighted by Crippen LogP contribution is -2.52. The highest BCUT2D eigenvalue weighted by atomic mass is 35.5. The molecule has 0 amide bonds. The highest BCUT2D eigenvalue weighted by Crippen LogP contribution is 2.47. The molecule has 0 spiro atoms. The summed E-state index contributed by atoms with van der Waals surface area (Å²) in [4.78, 5) is 15.6. The van der Waals surface area contributed by atoms with E-state index in [2.05, 4.69) is 4.90 Å². The number of carbonyl (C=O) groups excluding carboxylic acids is 1. The Hall–Kier alpha value is -2.91. The summed E-state index contributed by atoms with van der Waals surface area (Å²) in [6, 6.07) is 23.3. The molecule has 3 aromatic rings. The molecule has 0 aromatic heterocycles. The zero-order chi connectivity index (χ0) is 28.9. The van der Waals surface area contributed by atoms with E-state index in [1.807, 2.05) is 56.6 Å². The molecule has 9 heteroatoms. The minimum absolute atomic E-state index is 0.136. The molecule has 0 bridgehead atoms. The molecule has 1 fully saturated rings. The van der Waals surface area contributed by atoms with E-state index in [9.17, 15) is 13.2 Å². The van der Waals surface area contributed by atoms with Crippen molar-refractivity contribution in [2.75, 3.05) is 34.8 Å². The number of benzene rings is 3. The van der Waals surface area contributed by atoms with Crippen LogP contribution in [-0.4, -0.2) is 64.4 Å². The van der Waals surface area contributed by atoms with Gasteiger partial charge in [0.05, 0.1) is 18.4 Å². The van der Waals surface area contributed by atoms with E-state index in [-0.39, 0.29) is 17.7 Å². The molecule has 4 rings (SSSR count). The normalized spacial score (nSPS) is 21.4. The van der Waals surface area contributed by atoms with Crippen molar-refractivity contribution in [3.05, 3.63) is 101 Å². The molecule has 0 aliphatic heterocycles. The summed E-state index contributed by atoms with van der Waals surface area (Å²) >= 11 is 6.10. The van der Waals surface area contributed by atoms with Crippen molar-refractivity contribution in [3.8, 4) is 5.75 Å². The number of esters is 1. The van der Waals surface area contributed by atoms with E-state index in [4.69, 9.17) is 21.1 Å². The van der Waals surface area contributed by atoms with Gasteiger partial charge in [-0.2, -0.15) is 0 Å². The summed E-state index contributed by atoms with van der Waals surface area (Å²) in [5.74, 6) is -0.0693. The molecule has 0 saturated heterocycles. The lowest BCUT2D eigenvalue weighted by molar-refractivity contribution is -0.0916. The minimum Gasteiger partial charge on any atom is -0.497 e. The van der Waals surface area contributed by atoms with E-state index < -0.39 is 21.6 Å². The molecule has 0 N–H and O–H groups in total. The van der Waals surface area contributed by atoms with Gasteiger partial charge in [0.2, 0.25) is 10.0 Å². The summed E-state index contributed by atoms with van der Waals surface area (Å²) < 4.78 is 40.5. The number of hydrogen-bond donors (Lipinski definition) is 0. The van der Waals surface area contributed by atoms with Crippen LogP contribution >= 0.6 is 11.6 Å². The molecule has 3 aromatic carbocycles. The zero-order valence-corrected chi connectivity index (χ0v) is 25.0. The molecule has 3 atom stereocenters. The fourth-order valence-electron chi connectivity index (χ4n) is 5.64. The van der Waals surface area contributed by atoms with Gasteiger partial charge in [0.15, 0.2) is 0 Å². The Morgan fingerprint density at radius 1 is 1.00 bits per heavy atom. The second-order valence-electron chi connectivity index (χ2n) is 10.7. The van der Waals surface area contributed by atoms with E-state index in [1.54, 1.807) is 50.6 Å². The van der Waals surface area contributed by atoms with Gasteiger partial charge in [-0.05, 0) is 80.9 Å². The summed E-state index contributed by atoms with van der Waals surface area (Å²) in [6.07, 6.45) is 1.50. The summed E-state index contributed by atoms with van der Waals surface area (Å²) in [5.41, 5.74) is 0.977. The molecular formula is C31H37ClN2O5S. The minimum atomic E-state index is -3.63. The fourth-order valence-corrected chi connectivity index (χ4v) is 7.30. The van der Waals surface area contributed by atoms with Crippen LogP contribution in [0, 0.1) is 5.92 Å². The van der Waals surface area contributed by atoms with Gasteiger partial charge in [0.25, 0.3) is 0 Å². The average molecular weight is 585 g/mol. The van der Waals surface area contributed by atoms with E-state index in [0.717, 1.165) is 5.56 Å². The first-order valence-corrected chi connectivity index (χ1v) is 15.3. The maximum Gasteiger partial charge on any atom is 0.339 e. The van der Waals surface area contributed by atoms with Crippen molar-refractivity contribution in [2.24, 2.45) is 5.92 Å². The van der Waals surface area contributed by atoms with E-state index in [0.29, 0.717) is 47.7 Å². The Morgan fingerprint density at radius 2 is 1.73 bits per heavy atom. The van der Waals surface area contributed by atoms with Gasteiger partial charge in [0.1, 0.15) is 11.4 Å². The molecule has 1 aliphatic rings. The molecule has 0 heterocycles. The van der Waals surface area contributed by atoms with E-state index in [1.165, 1.54) is 4.31 Å². The molecule has 3 unspecified atom stereocenters. The third-order valence-corrected chi connectivity index (χ3v) is 9.79. The Kier molecular flexibility index (Phi) is 9.56. The zero-order valence-electron chi connectivity index (χ0n) is 23.4. The second-order valence-corrected chi connectivity index (χ2v) is 13.1. The smallest absolute Gasteiger partial charge is 0.339 e. The van der Waals surface area contributed by atoms with Gasteiger partial charge in [-0.3, -0.25) is 0 Å². The van der Waals surface area contributed by atoms with Crippen molar-refractivity contribution in [3.63, 3.8) is 0 Å². The summed E-state index contributed by atoms with van der Waals surface area (Å²) in [7, 11) is 3.57. The van der Waals surface area contributed by atoms with Gasteiger partial charge in [-0.25, -0.2) is 17.5 Å². The Labute approximate surface area is 242 Å². The van der Waals surface area contributed by atoms with E-state index >= 15 is 0 Å². The van der Waals surface area contributed by atoms with Crippen LogP contribution in [0.4, 0.5) is 0 Å². The number of carbonyl (C=O) groups is 1. The third-order valence-electron chi connectivity index (χ3n) is 7.68. The van der Waals surface area contributed by atoms with Crippen LogP contribution in [0.1, 0.15) is 40.7 Å². The number of halogens is 1. The van der Waals surface area contributed by atoms with Gasteiger partial charge in [0, 0.05) is 30.6 Å². The van der Waals surface area contributed by atoms with Crippen LogP contribution in [-0.2, 0) is 26.1 Å². The molecule has 1 aliphatic carbocycles. The largest absolute Gasteiger partial charge is 0.497 e. The molecule has 1 saturated carbocycles. The molecular weight excluding hydrogens is 548 g/mol. The van der Waals surface area contributed by atoms with Crippen molar-refractivity contribution >= 4 is 27.6 Å². The highest BCUT2D eigenvalue weighted by Gasteiger charge is 2.50. The first kappa shape index (κ1) is 30.1. The number of nitrogens with zero attached hydrogens (tertiary/aromatic N) is 2. The van der Waals surface area contributed by atoms with Crippen LogP contribution in [0.5, 0.6) is 5.75 Å². The van der Waals surface area contributed by atoms with Gasteiger partial charge < -0.3 is 14.4 Å². The van der Waals surface area contributed by atoms with Crippen LogP contribution < -0.4 is 4.74 Å². The topological polar surface area (TPSA) is 76.1 Å². The number of hydrogen-bond acceptors (Lipinski definition) is 6.